The summed E-state index contributed by atoms with van der Waals surface area (Å²) in [5.41, 5.74) is 6.49. The smallest absolute Gasteiger partial charge is 0.175 e. The molecule has 1 aliphatic rings. The minimum Gasteiger partial charge on any atom is -0.409 e. The zero-order chi connectivity index (χ0) is 13.0. The predicted molar refractivity (Wildman–Crippen MR) is 69.6 cm³/mol. The molecule has 18 heavy (non-hydrogen) atoms. The van der Waals surface area contributed by atoms with E-state index in [4.69, 9.17) is 10.9 Å². The van der Waals surface area contributed by atoms with Crippen LogP contribution in [0.1, 0.15) is 31.2 Å². The van der Waals surface area contributed by atoms with Gasteiger partial charge in [-0.15, -0.1) is 0 Å². The lowest BCUT2D eigenvalue weighted by molar-refractivity contribution is 0.318. The van der Waals surface area contributed by atoms with Crippen LogP contribution >= 0.6 is 0 Å². The summed E-state index contributed by atoms with van der Waals surface area (Å²) in [6.07, 6.45) is 4.58. The zero-order valence-corrected chi connectivity index (χ0v) is 10.3. The quantitative estimate of drug-likeness (QED) is 0.367. The Morgan fingerprint density at radius 1 is 1.22 bits per heavy atom. The van der Waals surface area contributed by atoms with E-state index in [1.165, 1.54) is 18.9 Å². The molecule has 0 unspecified atom stereocenters. The number of hydrogen-bond acceptors (Lipinski definition) is 3. The van der Waals surface area contributed by atoms with E-state index in [9.17, 15) is 4.39 Å². The van der Waals surface area contributed by atoms with E-state index in [1.54, 1.807) is 6.07 Å². The van der Waals surface area contributed by atoms with Crippen molar-refractivity contribution >= 4 is 11.5 Å². The fourth-order valence-corrected chi connectivity index (χ4v) is 2.39. The Kier molecular flexibility index (Phi) is 4.02. The molecule has 4 nitrogen and oxygen atoms in total. The highest BCUT2D eigenvalue weighted by atomic mass is 19.1. The van der Waals surface area contributed by atoms with E-state index in [0.717, 1.165) is 25.9 Å². The van der Waals surface area contributed by atoms with Crippen molar-refractivity contribution in [2.45, 2.75) is 25.7 Å². The highest BCUT2D eigenvalue weighted by Gasteiger charge is 2.18. The topological polar surface area (TPSA) is 61.9 Å². The van der Waals surface area contributed by atoms with Crippen LogP contribution in [0.25, 0.3) is 0 Å². The molecule has 1 aliphatic heterocycles. The van der Waals surface area contributed by atoms with Crippen LogP contribution < -0.4 is 10.6 Å². The minimum atomic E-state index is -0.452. The second kappa shape index (κ2) is 5.71. The van der Waals surface area contributed by atoms with Gasteiger partial charge in [0, 0.05) is 13.1 Å². The number of benzene rings is 1. The van der Waals surface area contributed by atoms with Crippen LogP contribution in [0.3, 0.4) is 0 Å². The third-order valence-corrected chi connectivity index (χ3v) is 3.30. The van der Waals surface area contributed by atoms with Gasteiger partial charge in [-0.2, -0.15) is 0 Å². The molecule has 0 bridgehead atoms. The molecule has 0 amide bonds. The summed E-state index contributed by atoms with van der Waals surface area (Å²) in [5.74, 6) is -0.626. The number of nitrogens with two attached hydrogens (primary N) is 1. The summed E-state index contributed by atoms with van der Waals surface area (Å²) in [7, 11) is 0. The van der Waals surface area contributed by atoms with Crippen molar-refractivity contribution in [3.63, 3.8) is 0 Å². The molecule has 0 atom stereocenters. The number of halogens is 1. The molecule has 2 rings (SSSR count). The van der Waals surface area contributed by atoms with E-state index in [2.05, 4.69) is 10.1 Å². The minimum absolute atomic E-state index is 0.174. The second-order valence-corrected chi connectivity index (χ2v) is 4.52. The van der Waals surface area contributed by atoms with Crippen LogP contribution in [0, 0.1) is 5.82 Å². The molecule has 0 saturated carbocycles. The Morgan fingerprint density at radius 3 is 2.50 bits per heavy atom. The Morgan fingerprint density at radius 2 is 1.89 bits per heavy atom. The molecule has 3 N–H and O–H groups in total. The van der Waals surface area contributed by atoms with Crippen LogP contribution in [-0.4, -0.2) is 24.1 Å². The van der Waals surface area contributed by atoms with Crippen LogP contribution in [0.15, 0.2) is 23.4 Å². The monoisotopic (exact) mass is 251 g/mol. The highest BCUT2D eigenvalue weighted by molar-refractivity contribution is 6.02. The summed E-state index contributed by atoms with van der Waals surface area (Å²) >= 11 is 0. The Balaban J connectivity index is 2.39. The number of anilines is 1. The first kappa shape index (κ1) is 12.7. The van der Waals surface area contributed by atoms with Crippen molar-refractivity contribution in [1.82, 2.24) is 0 Å². The lowest BCUT2D eigenvalue weighted by Crippen LogP contribution is -2.28. The second-order valence-electron chi connectivity index (χ2n) is 4.52. The first-order valence-electron chi connectivity index (χ1n) is 6.25. The molecular weight excluding hydrogens is 233 g/mol. The number of amidine groups is 1. The maximum absolute atomic E-state index is 13.8. The number of rotatable bonds is 2. The lowest BCUT2D eigenvalue weighted by Gasteiger charge is -2.25. The fraction of sp³-hybridized carbons (Fsp3) is 0.462. The summed E-state index contributed by atoms with van der Waals surface area (Å²) in [6, 6.07) is 4.81. The molecule has 0 aromatic heterocycles. The highest BCUT2D eigenvalue weighted by Crippen LogP contribution is 2.25. The SMILES string of the molecule is NC(=NO)c1c(F)cccc1N1CCCCCC1. The van der Waals surface area contributed by atoms with Gasteiger partial charge in [-0.05, 0) is 25.0 Å². The van der Waals surface area contributed by atoms with Crippen molar-refractivity contribution < 1.29 is 9.60 Å². The summed E-state index contributed by atoms with van der Waals surface area (Å²) in [4.78, 5) is 2.11. The lowest BCUT2D eigenvalue weighted by atomic mass is 10.1. The molecule has 5 heteroatoms. The molecule has 0 spiro atoms. The van der Waals surface area contributed by atoms with Gasteiger partial charge in [-0.3, -0.25) is 0 Å². The maximum Gasteiger partial charge on any atom is 0.175 e. The maximum atomic E-state index is 13.8. The molecule has 1 heterocycles. The average Bonchev–Trinajstić information content (AvgIpc) is 2.66. The van der Waals surface area contributed by atoms with Gasteiger partial charge in [-0.1, -0.05) is 24.1 Å². The van der Waals surface area contributed by atoms with Crippen molar-refractivity contribution in [3.05, 3.63) is 29.6 Å². The number of oxime groups is 1. The third-order valence-electron chi connectivity index (χ3n) is 3.30. The summed E-state index contributed by atoms with van der Waals surface area (Å²) in [6.45, 7) is 1.77. The molecule has 1 aromatic rings. The molecule has 1 saturated heterocycles. The molecule has 0 radical (unpaired) electrons. The first-order valence-corrected chi connectivity index (χ1v) is 6.25. The molecule has 1 aromatic carbocycles. The van der Waals surface area contributed by atoms with Gasteiger partial charge < -0.3 is 15.8 Å². The Hall–Kier alpha value is -1.78. The first-order chi connectivity index (χ1) is 8.74. The van der Waals surface area contributed by atoms with Crippen LogP contribution in [0.2, 0.25) is 0 Å². The van der Waals surface area contributed by atoms with Gasteiger partial charge >= 0.3 is 0 Å². The Bertz CT molecular complexity index is 440. The van der Waals surface area contributed by atoms with E-state index in [0.29, 0.717) is 5.69 Å². The summed E-state index contributed by atoms with van der Waals surface area (Å²) in [5, 5.41) is 11.7. The normalized spacial score (nSPS) is 17.6. The zero-order valence-electron chi connectivity index (χ0n) is 10.3. The predicted octanol–water partition coefficient (Wildman–Crippen LogP) is 2.30. The van der Waals surface area contributed by atoms with Crippen LogP contribution in [0.5, 0.6) is 0 Å². The number of hydrogen-bond donors (Lipinski definition) is 2. The van der Waals surface area contributed by atoms with E-state index >= 15 is 0 Å². The Labute approximate surface area is 106 Å². The van der Waals surface area contributed by atoms with Gasteiger partial charge in [0.25, 0.3) is 0 Å². The van der Waals surface area contributed by atoms with E-state index in [-0.39, 0.29) is 11.4 Å². The number of nitrogens with zero attached hydrogens (tertiary/aromatic N) is 2. The van der Waals surface area contributed by atoms with Crippen molar-refractivity contribution in [2.75, 3.05) is 18.0 Å². The molecule has 98 valence electrons. The van der Waals surface area contributed by atoms with Gasteiger partial charge in [-0.25, -0.2) is 4.39 Å². The standard InChI is InChI=1S/C13H18FN3O/c14-10-6-5-7-11(12(10)13(15)16-18)17-8-3-1-2-4-9-17/h5-7,18H,1-4,8-9H2,(H2,15,16). The van der Waals surface area contributed by atoms with E-state index < -0.39 is 5.82 Å². The van der Waals surface area contributed by atoms with E-state index in [1.807, 2.05) is 6.07 Å². The molecular formula is C13H18FN3O. The van der Waals surface area contributed by atoms with Crippen LogP contribution in [-0.2, 0) is 0 Å². The van der Waals surface area contributed by atoms with Gasteiger partial charge in [0.15, 0.2) is 5.84 Å². The summed E-state index contributed by atoms with van der Waals surface area (Å²) < 4.78 is 13.8. The van der Waals surface area contributed by atoms with Crippen molar-refractivity contribution in [1.29, 1.82) is 0 Å². The fourth-order valence-electron chi connectivity index (χ4n) is 2.39. The van der Waals surface area contributed by atoms with Crippen molar-refractivity contribution in [2.24, 2.45) is 10.9 Å². The van der Waals surface area contributed by atoms with Gasteiger partial charge in [0.2, 0.25) is 0 Å². The van der Waals surface area contributed by atoms with Gasteiger partial charge in [0.1, 0.15) is 5.82 Å². The van der Waals surface area contributed by atoms with Gasteiger partial charge in [0.05, 0.1) is 11.3 Å². The van der Waals surface area contributed by atoms with Crippen molar-refractivity contribution in [3.8, 4) is 0 Å². The third kappa shape index (κ3) is 2.55. The van der Waals surface area contributed by atoms with Crippen LogP contribution in [0.4, 0.5) is 10.1 Å². The average molecular weight is 251 g/mol. The largest absolute Gasteiger partial charge is 0.409 e. The molecule has 1 fully saturated rings. The molecule has 0 aliphatic carbocycles.